The van der Waals surface area contributed by atoms with Crippen LogP contribution in [0.25, 0.3) is 5.69 Å². The minimum absolute atomic E-state index is 0.234. The number of carbonyl (C=O) groups is 1. The predicted octanol–water partition coefficient (Wildman–Crippen LogP) is 2.85. The van der Waals surface area contributed by atoms with Crippen LogP contribution in [0, 0.1) is 0 Å². The van der Waals surface area contributed by atoms with Crippen LogP contribution in [0.15, 0.2) is 37.1 Å². The van der Waals surface area contributed by atoms with Gasteiger partial charge in [0.05, 0.1) is 36.1 Å². The normalized spacial score (nSPS) is 12.8. The van der Waals surface area contributed by atoms with E-state index in [0.717, 1.165) is 11.4 Å². The average Bonchev–Trinajstić information content (AvgIpc) is 2.86. The lowest BCUT2D eigenvalue weighted by molar-refractivity contribution is 0.0506. The van der Waals surface area contributed by atoms with Crippen LogP contribution in [0.2, 0.25) is 0 Å². The Morgan fingerprint density at radius 3 is 2.71 bits per heavy atom. The number of alkyl carbamates (subject to hydrolysis) is 1. The van der Waals surface area contributed by atoms with Gasteiger partial charge in [-0.25, -0.2) is 9.78 Å². The van der Waals surface area contributed by atoms with E-state index in [0.29, 0.717) is 0 Å². The number of aromatic nitrogens is 3. The molecular formula is C15H20N4O2. The summed E-state index contributed by atoms with van der Waals surface area (Å²) in [7, 11) is 0. The van der Waals surface area contributed by atoms with E-state index in [4.69, 9.17) is 4.74 Å². The maximum Gasteiger partial charge on any atom is 0.408 e. The first-order chi connectivity index (χ1) is 9.87. The molecule has 0 spiro atoms. The number of ether oxygens (including phenoxy) is 1. The average molecular weight is 288 g/mol. The quantitative estimate of drug-likeness (QED) is 0.943. The molecule has 2 aromatic heterocycles. The molecule has 0 saturated carbocycles. The zero-order valence-corrected chi connectivity index (χ0v) is 12.7. The van der Waals surface area contributed by atoms with Gasteiger partial charge in [-0.2, -0.15) is 0 Å². The summed E-state index contributed by atoms with van der Waals surface area (Å²) < 4.78 is 7.14. The molecule has 1 amide bonds. The molecule has 2 rings (SSSR count). The van der Waals surface area contributed by atoms with Crippen molar-refractivity contribution in [2.75, 3.05) is 0 Å². The van der Waals surface area contributed by atoms with Crippen LogP contribution < -0.4 is 5.32 Å². The Morgan fingerprint density at radius 2 is 2.10 bits per heavy atom. The van der Waals surface area contributed by atoms with Crippen molar-refractivity contribution in [1.29, 1.82) is 0 Å². The molecule has 0 aromatic carbocycles. The van der Waals surface area contributed by atoms with Gasteiger partial charge in [0.15, 0.2) is 0 Å². The fraction of sp³-hybridized carbons (Fsp3) is 0.400. The monoisotopic (exact) mass is 288 g/mol. The van der Waals surface area contributed by atoms with Gasteiger partial charge in [0.1, 0.15) is 5.60 Å². The molecule has 2 aromatic rings. The fourth-order valence-corrected chi connectivity index (χ4v) is 1.90. The largest absolute Gasteiger partial charge is 0.444 e. The molecule has 0 aliphatic heterocycles. The van der Waals surface area contributed by atoms with Gasteiger partial charge in [-0.05, 0) is 39.8 Å². The number of hydrogen-bond acceptors (Lipinski definition) is 4. The SMILES string of the molecule is CC(NC(=O)OC(C)(C)C)c1cncn1-c1cccnc1. The maximum atomic E-state index is 11.8. The van der Waals surface area contributed by atoms with Crippen molar-refractivity contribution in [3.05, 3.63) is 42.7 Å². The van der Waals surface area contributed by atoms with E-state index in [2.05, 4.69) is 15.3 Å². The Hall–Kier alpha value is -2.37. The molecule has 1 unspecified atom stereocenters. The molecule has 2 heterocycles. The van der Waals surface area contributed by atoms with Gasteiger partial charge in [0.25, 0.3) is 0 Å². The standard InChI is InChI=1S/C15H20N4O2/c1-11(18-14(20)21-15(2,3)4)13-9-17-10-19(13)12-6-5-7-16-8-12/h5-11H,1-4H3,(H,18,20). The van der Waals surface area contributed by atoms with Crippen LogP contribution in [0.1, 0.15) is 39.4 Å². The summed E-state index contributed by atoms with van der Waals surface area (Å²) in [5.41, 5.74) is 1.23. The van der Waals surface area contributed by atoms with Crippen LogP contribution in [0.5, 0.6) is 0 Å². The van der Waals surface area contributed by atoms with Crippen LogP contribution in [0.4, 0.5) is 4.79 Å². The minimum atomic E-state index is -0.520. The molecule has 0 aliphatic rings. The van der Waals surface area contributed by atoms with Crippen LogP contribution >= 0.6 is 0 Å². The molecule has 0 aliphatic carbocycles. The number of nitrogens with one attached hydrogen (secondary N) is 1. The lowest BCUT2D eigenvalue weighted by Crippen LogP contribution is -2.34. The van der Waals surface area contributed by atoms with Crippen molar-refractivity contribution in [2.24, 2.45) is 0 Å². The van der Waals surface area contributed by atoms with Crippen molar-refractivity contribution in [1.82, 2.24) is 19.9 Å². The Kier molecular flexibility index (Phi) is 4.26. The van der Waals surface area contributed by atoms with Gasteiger partial charge >= 0.3 is 6.09 Å². The Labute approximate surface area is 124 Å². The zero-order chi connectivity index (χ0) is 15.5. The van der Waals surface area contributed by atoms with E-state index >= 15 is 0 Å². The summed E-state index contributed by atoms with van der Waals surface area (Å²) in [4.78, 5) is 20.1. The van der Waals surface area contributed by atoms with Crippen molar-refractivity contribution in [3.8, 4) is 5.69 Å². The highest BCUT2D eigenvalue weighted by atomic mass is 16.6. The number of carbonyl (C=O) groups excluding carboxylic acids is 1. The van der Waals surface area contributed by atoms with Crippen molar-refractivity contribution in [3.63, 3.8) is 0 Å². The highest BCUT2D eigenvalue weighted by Gasteiger charge is 2.20. The van der Waals surface area contributed by atoms with Gasteiger partial charge in [-0.15, -0.1) is 0 Å². The molecule has 0 bridgehead atoms. The van der Waals surface area contributed by atoms with Crippen molar-refractivity contribution < 1.29 is 9.53 Å². The lowest BCUT2D eigenvalue weighted by atomic mass is 10.2. The molecule has 112 valence electrons. The summed E-state index contributed by atoms with van der Waals surface area (Å²) in [5, 5.41) is 2.81. The van der Waals surface area contributed by atoms with Crippen molar-refractivity contribution >= 4 is 6.09 Å². The number of amides is 1. The first kappa shape index (κ1) is 15.0. The molecule has 1 atom stereocenters. The van der Waals surface area contributed by atoms with E-state index in [9.17, 15) is 4.79 Å². The third-order valence-electron chi connectivity index (χ3n) is 2.77. The van der Waals surface area contributed by atoms with E-state index in [1.165, 1.54) is 0 Å². The van der Waals surface area contributed by atoms with Gasteiger partial charge in [-0.3, -0.25) is 9.55 Å². The summed E-state index contributed by atoms with van der Waals surface area (Å²) in [6.07, 6.45) is 6.41. The lowest BCUT2D eigenvalue weighted by Gasteiger charge is -2.22. The van der Waals surface area contributed by atoms with E-state index in [1.807, 2.05) is 44.4 Å². The molecule has 6 nitrogen and oxygen atoms in total. The van der Waals surface area contributed by atoms with Gasteiger partial charge in [-0.1, -0.05) is 0 Å². The predicted molar refractivity (Wildman–Crippen MR) is 79.1 cm³/mol. The third-order valence-corrected chi connectivity index (χ3v) is 2.77. The summed E-state index contributed by atoms with van der Waals surface area (Å²) in [6, 6.07) is 3.55. The number of imidazole rings is 1. The zero-order valence-electron chi connectivity index (χ0n) is 12.7. The van der Waals surface area contributed by atoms with E-state index < -0.39 is 11.7 Å². The van der Waals surface area contributed by atoms with Crippen LogP contribution in [-0.4, -0.2) is 26.2 Å². The Bertz CT molecular complexity index is 602. The molecule has 6 heteroatoms. The Morgan fingerprint density at radius 1 is 1.33 bits per heavy atom. The minimum Gasteiger partial charge on any atom is -0.444 e. The van der Waals surface area contributed by atoms with Gasteiger partial charge < -0.3 is 10.1 Å². The number of pyridine rings is 1. The number of hydrogen-bond donors (Lipinski definition) is 1. The van der Waals surface area contributed by atoms with E-state index in [-0.39, 0.29) is 6.04 Å². The molecule has 0 saturated heterocycles. The number of nitrogens with zero attached hydrogens (tertiary/aromatic N) is 3. The maximum absolute atomic E-state index is 11.8. The van der Waals surface area contributed by atoms with Gasteiger partial charge in [0, 0.05) is 6.20 Å². The second-order valence-electron chi connectivity index (χ2n) is 5.77. The second-order valence-corrected chi connectivity index (χ2v) is 5.77. The molecule has 1 N–H and O–H groups in total. The number of rotatable bonds is 3. The third kappa shape index (κ3) is 4.05. The fourth-order valence-electron chi connectivity index (χ4n) is 1.90. The highest BCUT2D eigenvalue weighted by molar-refractivity contribution is 5.68. The van der Waals surface area contributed by atoms with Gasteiger partial charge in [0.2, 0.25) is 0 Å². The molecule has 0 fully saturated rings. The molecule has 0 radical (unpaired) electrons. The summed E-state index contributed by atoms with van der Waals surface area (Å²) in [6.45, 7) is 7.37. The topological polar surface area (TPSA) is 69.0 Å². The smallest absolute Gasteiger partial charge is 0.408 e. The van der Waals surface area contributed by atoms with Crippen LogP contribution in [-0.2, 0) is 4.74 Å². The van der Waals surface area contributed by atoms with Crippen molar-refractivity contribution in [2.45, 2.75) is 39.3 Å². The first-order valence-corrected chi connectivity index (χ1v) is 6.79. The summed E-state index contributed by atoms with van der Waals surface area (Å²) >= 11 is 0. The van der Waals surface area contributed by atoms with E-state index in [1.54, 1.807) is 24.9 Å². The summed E-state index contributed by atoms with van der Waals surface area (Å²) in [5.74, 6) is 0. The van der Waals surface area contributed by atoms with Crippen LogP contribution in [0.3, 0.4) is 0 Å². The molecular weight excluding hydrogens is 268 g/mol. The first-order valence-electron chi connectivity index (χ1n) is 6.79. The highest BCUT2D eigenvalue weighted by Crippen LogP contribution is 2.17. The second kappa shape index (κ2) is 5.95. The Balaban J connectivity index is 2.13. The molecule has 21 heavy (non-hydrogen) atoms.